The lowest BCUT2D eigenvalue weighted by atomic mass is 10.4. The lowest BCUT2D eigenvalue weighted by Gasteiger charge is -2.14. The molecule has 1 fully saturated rings. The molecule has 0 radical (unpaired) electrons. The van der Waals surface area contributed by atoms with Crippen LogP contribution in [0.25, 0.3) is 0 Å². The molecule has 2 heterocycles. The highest BCUT2D eigenvalue weighted by molar-refractivity contribution is 6.21. The van der Waals surface area contributed by atoms with Crippen molar-refractivity contribution in [1.82, 2.24) is 10.2 Å². The fourth-order valence-electron chi connectivity index (χ4n) is 1.39. The Hall–Kier alpha value is -0.830. The van der Waals surface area contributed by atoms with Gasteiger partial charge < -0.3 is 4.90 Å². The Morgan fingerprint density at radius 2 is 2.50 bits per heavy atom. The number of hydrogen-bond acceptors (Lipinski definition) is 3. The Kier molecular flexibility index (Phi) is 2.13. The fraction of sp³-hybridized carbons (Fsp3) is 0.500. The molecule has 1 unspecified atom stereocenters. The van der Waals surface area contributed by atoms with Crippen LogP contribution in [0.4, 0.5) is 5.82 Å². The van der Waals surface area contributed by atoms with E-state index in [0.717, 1.165) is 25.3 Å². The molecule has 0 bridgehead atoms. The minimum Gasteiger partial charge on any atom is -0.354 e. The van der Waals surface area contributed by atoms with Gasteiger partial charge >= 0.3 is 0 Å². The normalized spacial score (nSPS) is 23.1. The maximum Gasteiger partial charge on any atom is 0.151 e. The average Bonchev–Trinajstić information content (AvgIpc) is 2.54. The molecule has 0 spiro atoms. The number of rotatable bonds is 1. The Morgan fingerprint density at radius 1 is 1.58 bits per heavy atom. The summed E-state index contributed by atoms with van der Waals surface area (Å²) in [5.74, 6) is 0.931. The summed E-state index contributed by atoms with van der Waals surface area (Å²) < 4.78 is 0. The fourth-order valence-corrected chi connectivity index (χ4v) is 1.65. The molecule has 0 N–H and O–H groups in total. The Morgan fingerprint density at radius 3 is 3.08 bits per heavy atom. The molecule has 0 saturated carbocycles. The van der Waals surface area contributed by atoms with Gasteiger partial charge in [0.15, 0.2) is 5.82 Å². The molecule has 1 saturated heterocycles. The van der Waals surface area contributed by atoms with Crippen molar-refractivity contribution in [3.8, 4) is 0 Å². The van der Waals surface area contributed by atoms with Crippen LogP contribution < -0.4 is 4.90 Å². The highest BCUT2D eigenvalue weighted by Gasteiger charge is 2.21. The molecule has 1 aromatic rings. The van der Waals surface area contributed by atoms with Crippen LogP contribution in [0.5, 0.6) is 0 Å². The summed E-state index contributed by atoms with van der Waals surface area (Å²) >= 11 is 5.97. The third-order valence-corrected chi connectivity index (χ3v) is 2.37. The first kappa shape index (κ1) is 7.80. The van der Waals surface area contributed by atoms with Gasteiger partial charge in [0.25, 0.3) is 0 Å². The SMILES string of the molecule is ClC1CCN(c2cccnn2)C1. The van der Waals surface area contributed by atoms with E-state index in [9.17, 15) is 0 Å². The van der Waals surface area contributed by atoms with Crippen LogP contribution in [-0.2, 0) is 0 Å². The summed E-state index contributed by atoms with van der Waals surface area (Å²) in [7, 11) is 0. The van der Waals surface area contributed by atoms with Gasteiger partial charge in [-0.05, 0) is 18.6 Å². The molecular formula is C8H10ClN3. The molecule has 1 aromatic heterocycles. The smallest absolute Gasteiger partial charge is 0.151 e. The molecule has 1 aliphatic heterocycles. The number of halogens is 1. The van der Waals surface area contributed by atoms with Gasteiger partial charge in [-0.2, -0.15) is 5.10 Å². The molecule has 64 valence electrons. The first-order valence-corrected chi connectivity index (χ1v) is 4.46. The topological polar surface area (TPSA) is 29.0 Å². The maximum atomic E-state index is 5.97. The minimum absolute atomic E-state index is 0.270. The lowest BCUT2D eigenvalue weighted by molar-refractivity contribution is 0.894. The zero-order chi connectivity index (χ0) is 8.39. The van der Waals surface area contributed by atoms with Gasteiger partial charge in [-0.3, -0.25) is 0 Å². The van der Waals surface area contributed by atoms with Gasteiger partial charge in [0.2, 0.25) is 0 Å². The number of nitrogens with zero attached hydrogens (tertiary/aromatic N) is 3. The predicted molar refractivity (Wildman–Crippen MR) is 48.5 cm³/mol. The standard InChI is InChI=1S/C8H10ClN3/c9-7-3-5-12(6-7)8-2-1-4-10-11-8/h1-2,4,7H,3,5-6H2. The van der Waals surface area contributed by atoms with Crippen LogP contribution in [0.3, 0.4) is 0 Å². The molecule has 3 nitrogen and oxygen atoms in total. The number of hydrogen-bond donors (Lipinski definition) is 0. The van der Waals surface area contributed by atoms with E-state index in [1.165, 1.54) is 0 Å². The van der Waals surface area contributed by atoms with Gasteiger partial charge in [0, 0.05) is 19.3 Å². The largest absolute Gasteiger partial charge is 0.354 e. The van der Waals surface area contributed by atoms with Crippen LogP contribution in [0.15, 0.2) is 18.3 Å². The lowest BCUT2D eigenvalue weighted by Crippen LogP contribution is -2.20. The Labute approximate surface area is 76.4 Å². The summed E-state index contributed by atoms with van der Waals surface area (Å²) in [4.78, 5) is 2.16. The minimum atomic E-state index is 0.270. The highest BCUT2D eigenvalue weighted by Crippen LogP contribution is 2.19. The molecule has 1 aliphatic rings. The van der Waals surface area contributed by atoms with Crippen molar-refractivity contribution >= 4 is 17.4 Å². The number of aromatic nitrogens is 2. The molecule has 1 atom stereocenters. The van der Waals surface area contributed by atoms with E-state index in [0.29, 0.717) is 0 Å². The molecule has 4 heteroatoms. The zero-order valence-electron chi connectivity index (χ0n) is 6.65. The van der Waals surface area contributed by atoms with E-state index < -0.39 is 0 Å². The number of alkyl halides is 1. The van der Waals surface area contributed by atoms with E-state index >= 15 is 0 Å². The summed E-state index contributed by atoms with van der Waals surface area (Å²) in [6, 6.07) is 3.85. The van der Waals surface area contributed by atoms with Crippen molar-refractivity contribution in [2.75, 3.05) is 18.0 Å². The molecule has 2 rings (SSSR count). The Balaban J connectivity index is 2.11. The van der Waals surface area contributed by atoms with Crippen molar-refractivity contribution in [1.29, 1.82) is 0 Å². The average molecular weight is 184 g/mol. The Bertz CT molecular complexity index is 252. The summed E-state index contributed by atoms with van der Waals surface area (Å²) in [6.07, 6.45) is 2.72. The summed E-state index contributed by atoms with van der Waals surface area (Å²) in [5.41, 5.74) is 0. The molecule has 0 aliphatic carbocycles. The molecule has 0 amide bonds. The van der Waals surface area contributed by atoms with Crippen molar-refractivity contribution in [2.45, 2.75) is 11.8 Å². The van der Waals surface area contributed by atoms with Crippen molar-refractivity contribution < 1.29 is 0 Å². The van der Waals surface area contributed by atoms with Crippen LogP contribution in [0.2, 0.25) is 0 Å². The van der Waals surface area contributed by atoms with E-state index in [-0.39, 0.29) is 5.38 Å². The van der Waals surface area contributed by atoms with Gasteiger partial charge in [-0.15, -0.1) is 16.7 Å². The second-order valence-electron chi connectivity index (χ2n) is 2.91. The van der Waals surface area contributed by atoms with E-state index in [4.69, 9.17) is 11.6 Å². The quantitative estimate of drug-likeness (QED) is 0.615. The maximum absolute atomic E-state index is 5.97. The van der Waals surface area contributed by atoms with Crippen LogP contribution >= 0.6 is 11.6 Å². The van der Waals surface area contributed by atoms with Crippen molar-refractivity contribution in [2.24, 2.45) is 0 Å². The van der Waals surface area contributed by atoms with E-state index in [1.807, 2.05) is 12.1 Å². The number of anilines is 1. The predicted octanol–water partition coefficient (Wildman–Crippen LogP) is 1.29. The molecule has 0 aromatic carbocycles. The second-order valence-corrected chi connectivity index (χ2v) is 3.53. The third kappa shape index (κ3) is 1.50. The van der Waals surface area contributed by atoms with E-state index in [2.05, 4.69) is 15.1 Å². The van der Waals surface area contributed by atoms with Gasteiger partial charge in [-0.25, -0.2) is 0 Å². The monoisotopic (exact) mass is 183 g/mol. The first-order valence-electron chi connectivity index (χ1n) is 4.03. The second kappa shape index (κ2) is 3.27. The zero-order valence-corrected chi connectivity index (χ0v) is 7.41. The van der Waals surface area contributed by atoms with Gasteiger partial charge in [-0.1, -0.05) is 0 Å². The van der Waals surface area contributed by atoms with Crippen LogP contribution in [0.1, 0.15) is 6.42 Å². The molecular weight excluding hydrogens is 174 g/mol. The van der Waals surface area contributed by atoms with Crippen molar-refractivity contribution in [3.63, 3.8) is 0 Å². The van der Waals surface area contributed by atoms with Crippen LogP contribution in [0, 0.1) is 0 Å². The summed E-state index contributed by atoms with van der Waals surface area (Å²) in [6.45, 7) is 1.88. The van der Waals surface area contributed by atoms with Crippen LogP contribution in [-0.4, -0.2) is 28.7 Å². The van der Waals surface area contributed by atoms with Crippen molar-refractivity contribution in [3.05, 3.63) is 18.3 Å². The summed E-state index contributed by atoms with van der Waals surface area (Å²) in [5, 5.41) is 8.10. The molecule has 12 heavy (non-hydrogen) atoms. The first-order chi connectivity index (χ1) is 5.86. The van der Waals surface area contributed by atoms with E-state index in [1.54, 1.807) is 6.20 Å². The van der Waals surface area contributed by atoms with Gasteiger partial charge in [0.05, 0.1) is 5.38 Å². The van der Waals surface area contributed by atoms with Gasteiger partial charge in [0.1, 0.15) is 0 Å². The third-order valence-electron chi connectivity index (χ3n) is 2.01. The highest BCUT2D eigenvalue weighted by atomic mass is 35.5.